The van der Waals surface area contributed by atoms with E-state index in [2.05, 4.69) is 0 Å². The Balaban J connectivity index is -0.000000573. The van der Waals surface area contributed by atoms with Crippen molar-refractivity contribution in [1.29, 1.82) is 0 Å². The van der Waals surface area contributed by atoms with Gasteiger partial charge in [0.25, 0.3) is 0 Å². The minimum Gasteiger partial charge on any atom is -0.480 e. The number of aliphatic hydroxyl groups is 6. The Bertz CT molecular complexity index is 544. The van der Waals surface area contributed by atoms with Crippen LogP contribution in [0.2, 0.25) is 0 Å². The maximum absolute atomic E-state index is 10.6. The molecule has 18 heteroatoms. The molecule has 0 radical (unpaired) electrons. The van der Waals surface area contributed by atoms with E-state index >= 15 is 0 Å². The van der Waals surface area contributed by atoms with Crippen LogP contribution in [-0.4, -0.2) is 213 Å². The first-order valence-electron chi connectivity index (χ1n) is 12.3. The zero-order chi connectivity index (χ0) is 31.3. The van der Waals surface area contributed by atoms with Crippen molar-refractivity contribution >= 4 is 23.9 Å². The molecule has 0 aromatic heterocycles. The first-order valence-corrected chi connectivity index (χ1v) is 12.3. The van der Waals surface area contributed by atoms with Crippen LogP contribution in [0, 0.1) is 0 Å². The SMILES string of the molecule is O=C(O)CN(CCN(CC(=O)O)CC(=O)O)CC(=O)O.OCCN(CCO)CCO.OCCN(CCO)CCO. The molecule has 0 saturated heterocycles. The molecular formula is C22H46N4O14. The summed E-state index contributed by atoms with van der Waals surface area (Å²) < 4.78 is 0. The number of carboxylic acid groups (broad SMARTS) is 4. The zero-order valence-electron chi connectivity index (χ0n) is 22.6. The van der Waals surface area contributed by atoms with Crippen molar-refractivity contribution in [3.05, 3.63) is 0 Å². The van der Waals surface area contributed by atoms with Gasteiger partial charge in [0.15, 0.2) is 0 Å². The summed E-state index contributed by atoms with van der Waals surface area (Å²) in [6.07, 6.45) is 0. The number of hydrogen-bond acceptors (Lipinski definition) is 14. The van der Waals surface area contributed by atoms with Crippen LogP contribution in [0.3, 0.4) is 0 Å². The van der Waals surface area contributed by atoms with Crippen LogP contribution in [0.4, 0.5) is 0 Å². The molecule has 0 fully saturated rings. The van der Waals surface area contributed by atoms with E-state index in [1.807, 2.05) is 0 Å². The van der Waals surface area contributed by atoms with Crippen molar-refractivity contribution in [2.24, 2.45) is 0 Å². The summed E-state index contributed by atoms with van der Waals surface area (Å²) in [5.74, 6) is -4.91. The molecule has 0 aromatic rings. The van der Waals surface area contributed by atoms with Crippen molar-refractivity contribution in [3.63, 3.8) is 0 Å². The maximum atomic E-state index is 10.6. The Morgan fingerprint density at radius 1 is 0.325 bits per heavy atom. The van der Waals surface area contributed by atoms with Gasteiger partial charge in [-0.05, 0) is 0 Å². The maximum Gasteiger partial charge on any atom is 0.317 e. The fourth-order valence-electron chi connectivity index (χ4n) is 3.00. The van der Waals surface area contributed by atoms with Gasteiger partial charge in [0.2, 0.25) is 0 Å². The highest BCUT2D eigenvalue weighted by atomic mass is 16.4. The van der Waals surface area contributed by atoms with E-state index in [1.165, 1.54) is 0 Å². The minimum absolute atomic E-state index is 0.0694. The van der Waals surface area contributed by atoms with Crippen LogP contribution in [0.5, 0.6) is 0 Å². The van der Waals surface area contributed by atoms with Gasteiger partial charge in [-0.3, -0.25) is 38.8 Å². The van der Waals surface area contributed by atoms with E-state index in [0.717, 1.165) is 9.80 Å². The third-order valence-corrected chi connectivity index (χ3v) is 4.67. The summed E-state index contributed by atoms with van der Waals surface area (Å²) >= 11 is 0. The van der Waals surface area contributed by atoms with Crippen molar-refractivity contribution in [3.8, 4) is 0 Å². The Hall–Kier alpha value is -2.52. The molecular weight excluding hydrogens is 544 g/mol. The largest absolute Gasteiger partial charge is 0.480 e. The Kier molecular flexibility index (Phi) is 30.9. The molecule has 0 aromatic carbocycles. The van der Waals surface area contributed by atoms with Crippen LogP contribution in [0.1, 0.15) is 0 Å². The molecule has 0 aliphatic rings. The number of hydrogen-bond donors (Lipinski definition) is 10. The molecule has 0 aliphatic heterocycles. The molecule has 0 rings (SSSR count). The van der Waals surface area contributed by atoms with E-state index in [-0.39, 0.29) is 52.7 Å². The van der Waals surface area contributed by atoms with Gasteiger partial charge in [-0.25, -0.2) is 0 Å². The smallest absolute Gasteiger partial charge is 0.317 e. The fourth-order valence-corrected chi connectivity index (χ4v) is 3.00. The molecule has 0 amide bonds. The highest BCUT2D eigenvalue weighted by molar-refractivity contribution is 5.73. The molecule has 0 unspecified atom stereocenters. The van der Waals surface area contributed by atoms with Gasteiger partial charge in [-0.15, -0.1) is 0 Å². The number of aliphatic carboxylic acids is 4. The van der Waals surface area contributed by atoms with Crippen molar-refractivity contribution in [2.45, 2.75) is 0 Å². The van der Waals surface area contributed by atoms with E-state index in [9.17, 15) is 19.2 Å². The van der Waals surface area contributed by atoms with Gasteiger partial charge in [0.05, 0.1) is 65.8 Å². The summed E-state index contributed by atoms with van der Waals surface area (Å²) in [7, 11) is 0. The van der Waals surface area contributed by atoms with Crippen LogP contribution in [0.25, 0.3) is 0 Å². The first-order chi connectivity index (χ1) is 18.9. The fraction of sp³-hybridized carbons (Fsp3) is 0.818. The quantitative estimate of drug-likeness (QED) is 0.0531. The van der Waals surface area contributed by atoms with Crippen molar-refractivity contribution in [2.75, 3.05) is 118 Å². The van der Waals surface area contributed by atoms with E-state index in [0.29, 0.717) is 39.3 Å². The lowest BCUT2D eigenvalue weighted by Crippen LogP contribution is -2.43. The molecule has 0 aliphatic carbocycles. The third kappa shape index (κ3) is 31.7. The average molecular weight is 591 g/mol. The second kappa shape index (κ2) is 29.5. The summed E-state index contributed by atoms with van der Waals surface area (Å²) in [6.45, 7) is 1.26. The molecule has 238 valence electrons. The number of carboxylic acids is 4. The summed E-state index contributed by atoms with van der Waals surface area (Å²) in [6, 6.07) is 0. The Morgan fingerprint density at radius 2 is 0.500 bits per heavy atom. The van der Waals surface area contributed by atoms with Crippen LogP contribution in [-0.2, 0) is 19.2 Å². The highest BCUT2D eigenvalue weighted by Crippen LogP contribution is 1.94. The lowest BCUT2D eigenvalue weighted by molar-refractivity contribution is -0.145. The lowest BCUT2D eigenvalue weighted by atomic mass is 10.4. The van der Waals surface area contributed by atoms with E-state index < -0.39 is 50.1 Å². The molecule has 0 heterocycles. The van der Waals surface area contributed by atoms with Crippen LogP contribution >= 0.6 is 0 Å². The average Bonchev–Trinajstić information content (AvgIpc) is 2.83. The second-order valence-corrected chi connectivity index (χ2v) is 8.02. The summed E-state index contributed by atoms with van der Waals surface area (Å²) in [5, 5.41) is 85.4. The number of carbonyl (C=O) groups is 4. The number of nitrogens with zero attached hydrogens (tertiary/aromatic N) is 4. The second-order valence-electron chi connectivity index (χ2n) is 8.02. The van der Waals surface area contributed by atoms with Crippen molar-refractivity contribution < 1.29 is 70.2 Å². The van der Waals surface area contributed by atoms with Gasteiger partial charge < -0.3 is 51.1 Å². The molecule has 0 spiro atoms. The molecule has 0 atom stereocenters. The normalized spacial score (nSPS) is 10.8. The van der Waals surface area contributed by atoms with Gasteiger partial charge in [0, 0.05) is 52.4 Å². The number of rotatable bonds is 23. The molecule has 18 nitrogen and oxygen atoms in total. The minimum atomic E-state index is -1.23. The van der Waals surface area contributed by atoms with E-state index in [1.54, 1.807) is 9.80 Å². The lowest BCUT2D eigenvalue weighted by Gasteiger charge is -2.23. The zero-order valence-corrected chi connectivity index (χ0v) is 22.6. The standard InChI is InChI=1S/C10H16N2O8.2C6H15NO3/c13-7(14)3-11(4-8(15)16)1-2-12(5-9(17)18)6-10(19)20;2*8-4-1-7(2-5-9)3-6-10/h1-6H2,(H,13,14)(H,15,16)(H,17,18)(H,19,20);2*8-10H,1-6H2. The van der Waals surface area contributed by atoms with Gasteiger partial charge >= 0.3 is 23.9 Å². The summed E-state index contributed by atoms with van der Waals surface area (Å²) in [4.78, 5) is 47.9. The molecule has 0 bridgehead atoms. The number of aliphatic hydroxyl groups excluding tert-OH is 6. The Labute approximate surface area is 232 Å². The predicted molar refractivity (Wildman–Crippen MR) is 139 cm³/mol. The Morgan fingerprint density at radius 3 is 0.625 bits per heavy atom. The molecule has 0 saturated carbocycles. The molecule has 40 heavy (non-hydrogen) atoms. The van der Waals surface area contributed by atoms with Gasteiger partial charge in [0.1, 0.15) is 0 Å². The van der Waals surface area contributed by atoms with Gasteiger partial charge in [-0.2, -0.15) is 0 Å². The highest BCUT2D eigenvalue weighted by Gasteiger charge is 2.18. The monoisotopic (exact) mass is 590 g/mol. The predicted octanol–water partition coefficient (Wildman–Crippen LogP) is -5.54. The van der Waals surface area contributed by atoms with Crippen LogP contribution < -0.4 is 0 Å². The topological polar surface area (TPSA) is 284 Å². The summed E-state index contributed by atoms with van der Waals surface area (Å²) in [5.41, 5.74) is 0. The van der Waals surface area contributed by atoms with Crippen molar-refractivity contribution in [1.82, 2.24) is 19.6 Å². The van der Waals surface area contributed by atoms with Crippen LogP contribution in [0.15, 0.2) is 0 Å². The van der Waals surface area contributed by atoms with Gasteiger partial charge in [-0.1, -0.05) is 0 Å². The molecule has 10 N–H and O–H groups in total. The van der Waals surface area contributed by atoms with E-state index in [4.69, 9.17) is 51.1 Å². The first kappa shape index (κ1) is 42.0. The third-order valence-electron chi connectivity index (χ3n) is 4.67.